The number of nitrogens with one attached hydrogen (secondary N) is 1. The van der Waals surface area contributed by atoms with Crippen molar-refractivity contribution in [3.8, 4) is 11.6 Å². The van der Waals surface area contributed by atoms with Crippen LogP contribution >= 0.6 is 11.8 Å². The maximum atomic E-state index is 12.4. The Bertz CT molecular complexity index is 705. The quantitative estimate of drug-likeness (QED) is 0.730. The molecule has 1 amide bonds. The molecule has 0 aliphatic heterocycles. The minimum Gasteiger partial charge on any atom is -0.461 e. The molecule has 2 aromatic rings. The smallest absolute Gasteiger partial charge is 0.233 e. The summed E-state index contributed by atoms with van der Waals surface area (Å²) in [5, 5.41) is 12.4. The van der Waals surface area contributed by atoms with Crippen LogP contribution < -0.4 is 5.32 Å². The van der Waals surface area contributed by atoms with E-state index in [1.807, 2.05) is 19.1 Å². The summed E-state index contributed by atoms with van der Waals surface area (Å²) in [6, 6.07) is 4.15. The standard InChI is InChI=1S/C19H28N4O2S/c1-13(2)12-20-18(24)14(3)26-19-22-21-17(16-10-7-11-25-16)23(19)15-8-5-4-6-9-15/h7,10-11,13-15H,4-6,8-9,12H2,1-3H3,(H,20,24). The van der Waals surface area contributed by atoms with Crippen LogP contribution in [0.15, 0.2) is 28.0 Å². The Morgan fingerprint density at radius 2 is 2.08 bits per heavy atom. The minimum absolute atomic E-state index is 0.0430. The number of carbonyl (C=O) groups excluding carboxylic acids is 1. The normalized spacial score (nSPS) is 16.8. The number of hydrogen-bond donors (Lipinski definition) is 1. The number of hydrogen-bond acceptors (Lipinski definition) is 5. The highest BCUT2D eigenvalue weighted by Gasteiger charge is 2.27. The van der Waals surface area contributed by atoms with Crippen LogP contribution in [0, 0.1) is 5.92 Å². The zero-order valence-corrected chi connectivity index (χ0v) is 16.6. The van der Waals surface area contributed by atoms with E-state index < -0.39 is 0 Å². The first-order valence-corrected chi connectivity index (χ1v) is 10.4. The van der Waals surface area contributed by atoms with Crippen molar-refractivity contribution < 1.29 is 9.21 Å². The summed E-state index contributed by atoms with van der Waals surface area (Å²) in [5.74, 6) is 1.97. The molecular weight excluding hydrogens is 348 g/mol. The first-order chi connectivity index (χ1) is 12.6. The molecule has 0 radical (unpaired) electrons. The van der Waals surface area contributed by atoms with Gasteiger partial charge in [-0.15, -0.1) is 10.2 Å². The largest absolute Gasteiger partial charge is 0.461 e. The Balaban J connectivity index is 1.81. The van der Waals surface area contributed by atoms with Gasteiger partial charge in [-0.05, 0) is 37.8 Å². The average molecular weight is 377 g/mol. The highest BCUT2D eigenvalue weighted by atomic mass is 32.2. The fourth-order valence-corrected chi connectivity index (χ4v) is 4.20. The number of rotatable bonds is 7. The Hall–Kier alpha value is -1.76. The number of carbonyl (C=O) groups is 1. The van der Waals surface area contributed by atoms with Gasteiger partial charge < -0.3 is 9.73 Å². The van der Waals surface area contributed by atoms with Gasteiger partial charge in [-0.1, -0.05) is 44.9 Å². The molecule has 1 N–H and O–H groups in total. The molecule has 1 atom stereocenters. The fraction of sp³-hybridized carbons (Fsp3) is 0.632. The van der Waals surface area contributed by atoms with E-state index in [0.717, 1.165) is 29.6 Å². The summed E-state index contributed by atoms with van der Waals surface area (Å²) >= 11 is 1.48. The van der Waals surface area contributed by atoms with Crippen molar-refractivity contribution >= 4 is 17.7 Å². The molecule has 1 aliphatic rings. The van der Waals surface area contributed by atoms with Crippen molar-refractivity contribution in [3.63, 3.8) is 0 Å². The summed E-state index contributed by atoms with van der Waals surface area (Å²) in [6.07, 6.45) is 7.61. The van der Waals surface area contributed by atoms with Crippen LogP contribution in [0.25, 0.3) is 11.6 Å². The Morgan fingerprint density at radius 1 is 1.31 bits per heavy atom. The first kappa shape index (κ1) is 19.0. The van der Waals surface area contributed by atoms with Gasteiger partial charge in [-0.25, -0.2) is 0 Å². The molecule has 3 rings (SSSR count). The molecule has 1 aliphatic carbocycles. The summed E-state index contributed by atoms with van der Waals surface area (Å²) < 4.78 is 7.76. The van der Waals surface area contributed by atoms with Crippen LogP contribution in [0.1, 0.15) is 58.9 Å². The van der Waals surface area contributed by atoms with Crippen LogP contribution in [0.4, 0.5) is 0 Å². The number of aromatic nitrogens is 3. The Kier molecular flexibility index (Phi) is 6.40. The maximum Gasteiger partial charge on any atom is 0.233 e. The lowest BCUT2D eigenvalue weighted by atomic mass is 9.95. The molecule has 1 saturated carbocycles. The minimum atomic E-state index is -0.218. The molecule has 2 aromatic heterocycles. The summed E-state index contributed by atoms with van der Waals surface area (Å²) in [6.45, 7) is 6.80. The zero-order valence-electron chi connectivity index (χ0n) is 15.8. The van der Waals surface area contributed by atoms with Crippen molar-refractivity contribution in [1.29, 1.82) is 0 Å². The average Bonchev–Trinajstić information content (AvgIpc) is 3.29. The van der Waals surface area contributed by atoms with Gasteiger partial charge in [-0.2, -0.15) is 0 Å². The third-order valence-electron chi connectivity index (χ3n) is 4.68. The number of nitrogens with zero attached hydrogens (tertiary/aromatic N) is 3. The molecular formula is C19H28N4O2S. The Morgan fingerprint density at radius 3 is 2.73 bits per heavy atom. The molecule has 1 fully saturated rings. The molecule has 142 valence electrons. The van der Waals surface area contributed by atoms with E-state index in [0.29, 0.717) is 18.5 Å². The molecule has 7 heteroatoms. The van der Waals surface area contributed by atoms with Gasteiger partial charge in [0.05, 0.1) is 11.5 Å². The van der Waals surface area contributed by atoms with Gasteiger partial charge in [0.1, 0.15) is 0 Å². The van der Waals surface area contributed by atoms with Crippen molar-refractivity contribution in [2.24, 2.45) is 5.92 Å². The summed E-state index contributed by atoms with van der Waals surface area (Å²) in [5.41, 5.74) is 0. The van der Waals surface area contributed by atoms with Crippen molar-refractivity contribution in [2.75, 3.05) is 6.54 Å². The molecule has 6 nitrogen and oxygen atoms in total. The van der Waals surface area contributed by atoms with Gasteiger partial charge in [0.15, 0.2) is 10.9 Å². The van der Waals surface area contributed by atoms with Crippen molar-refractivity contribution in [2.45, 2.75) is 69.3 Å². The summed E-state index contributed by atoms with van der Waals surface area (Å²) in [4.78, 5) is 12.4. The Labute approximate surface area is 159 Å². The van der Waals surface area contributed by atoms with Gasteiger partial charge >= 0.3 is 0 Å². The second-order valence-corrected chi connectivity index (χ2v) is 8.65. The third-order valence-corrected chi connectivity index (χ3v) is 5.74. The predicted molar refractivity (Wildman–Crippen MR) is 103 cm³/mol. The zero-order chi connectivity index (χ0) is 18.5. The van der Waals surface area contributed by atoms with Gasteiger partial charge in [0.2, 0.25) is 11.7 Å². The highest BCUT2D eigenvalue weighted by molar-refractivity contribution is 8.00. The van der Waals surface area contributed by atoms with E-state index in [-0.39, 0.29) is 11.2 Å². The summed E-state index contributed by atoms with van der Waals surface area (Å²) in [7, 11) is 0. The second-order valence-electron chi connectivity index (χ2n) is 7.34. The number of furan rings is 1. The van der Waals surface area contributed by atoms with E-state index in [1.54, 1.807) is 6.26 Å². The lowest BCUT2D eigenvalue weighted by Crippen LogP contribution is -2.33. The van der Waals surface area contributed by atoms with Crippen molar-refractivity contribution in [3.05, 3.63) is 18.4 Å². The molecule has 1 unspecified atom stereocenters. The predicted octanol–water partition coefficient (Wildman–Crippen LogP) is 4.30. The van der Waals surface area contributed by atoms with Crippen LogP contribution in [0.2, 0.25) is 0 Å². The molecule has 26 heavy (non-hydrogen) atoms. The van der Waals surface area contributed by atoms with Crippen LogP contribution in [-0.2, 0) is 4.79 Å². The molecule has 0 aromatic carbocycles. The first-order valence-electron chi connectivity index (χ1n) is 9.49. The lowest BCUT2D eigenvalue weighted by Gasteiger charge is -2.25. The molecule has 0 spiro atoms. The number of thioether (sulfide) groups is 1. The van der Waals surface area contributed by atoms with Gasteiger partial charge in [0.25, 0.3) is 0 Å². The molecule has 2 heterocycles. The fourth-order valence-electron chi connectivity index (χ4n) is 3.26. The van der Waals surface area contributed by atoms with E-state index >= 15 is 0 Å². The van der Waals surface area contributed by atoms with Crippen LogP contribution in [0.5, 0.6) is 0 Å². The van der Waals surface area contributed by atoms with E-state index in [2.05, 4.69) is 33.9 Å². The van der Waals surface area contributed by atoms with Gasteiger partial charge in [0, 0.05) is 12.6 Å². The van der Waals surface area contributed by atoms with E-state index in [4.69, 9.17) is 4.42 Å². The lowest BCUT2D eigenvalue weighted by molar-refractivity contribution is -0.120. The molecule has 0 bridgehead atoms. The SMILES string of the molecule is CC(C)CNC(=O)C(C)Sc1nnc(-c2ccco2)n1C1CCCCC1. The molecule has 0 saturated heterocycles. The highest BCUT2D eigenvalue weighted by Crippen LogP contribution is 2.36. The second kappa shape index (κ2) is 8.75. The third kappa shape index (κ3) is 4.50. The van der Waals surface area contributed by atoms with Crippen LogP contribution in [0.3, 0.4) is 0 Å². The monoisotopic (exact) mass is 376 g/mol. The van der Waals surface area contributed by atoms with Gasteiger partial charge in [-0.3, -0.25) is 9.36 Å². The topological polar surface area (TPSA) is 73.0 Å². The van der Waals surface area contributed by atoms with Crippen molar-refractivity contribution in [1.82, 2.24) is 20.1 Å². The number of amides is 1. The maximum absolute atomic E-state index is 12.4. The van der Waals surface area contributed by atoms with E-state index in [9.17, 15) is 4.79 Å². The van der Waals surface area contributed by atoms with E-state index in [1.165, 1.54) is 31.0 Å². The van der Waals surface area contributed by atoms with Crippen LogP contribution in [-0.4, -0.2) is 32.5 Å².